The lowest BCUT2D eigenvalue weighted by Crippen LogP contribution is -2.58. The smallest absolute Gasteiger partial charge is 0.257 e. The molecule has 3 saturated heterocycles. The fourth-order valence-electron chi connectivity index (χ4n) is 2.06. The molecule has 0 spiro atoms. The van der Waals surface area contributed by atoms with Gasteiger partial charge in [0.05, 0.1) is 5.69 Å². The zero-order valence-electron chi connectivity index (χ0n) is 11.5. The van der Waals surface area contributed by atoms with E-state index in [1.165, 1.54) is 33.3 Å². The van der Waals surface area contributed by atoms with E-state index in [-0.39, 0.29) is 11.8 Å². The highest BCUT2D eigenvalue weighted by Crippen LogP contribution is 2.39. The molecule has 3 aliphatic rings. The molecule has 8 heteroatoms. The van der Waals surface area contributed by atoms with Gasteiger partial charge in [-0.15, -0.1) is 0 Å². The van der Waals surface area contributed by atoms with Crippen molar-refractivity contribution in [3.8, 4) is 0 Å². The van der Waals surface area contributed by atoms with Crippen LogP contribution in [-0.4, -0.2) is 50.8 Å². The van der Waals surface area contributed by atoms with E-state index in [1.54, 1.807) is 14.1 Å². The number of thioether (sulfide) groups is 2. The molecule has 21 heavy (non-hydrogen) atoms. The summed E-state index contributed by atoms with van der Waals surface area (Å²) in [5, 5.41) is 3.25. The molecule has 3 heterocycles. The highest BCUT2D eigenvalue weighted by atomic mass is 32.2. The lowest BCUT2D eigenvalue weighted by molar-refractivity contribution is -0.150. The summed E-state index contributed by atoms with van der Waals surface area (Å²) >= 11 is 2.60. The Labute approximate surface area is 130 Å². The minimum Gasteiger partial charge on any atom is -0.322 e. The van der Waals surface area contributed by atoms with Gasteiger partial charge < -0.3 is 9.80 Å². The molecule has 0 aliphatic carbocycles. The van der Waals surface area contributed by atoms with Crippen molar-refractivity contribution in [3.63, 3.8) is 0 Å². The molecular weight excluding hydrogens is 308 g/mol. The van der Waals surface area contributed by atoms with Crippen molar-refractivity contribution in [2.75, 3.05) is 19.5 Å². The maximum absolute atomic E-state index is 12.2. The van der Waals surface area contributed by atoms with Crippen LogP contribution in [0.1, 0.15) is 0 Å². The molecule has 1 aromatic rings. The van der Waals surface area contributed by atoms with Crippen LogP contribution >= 0.6 is 23.5 Å². The van der Waals surface area contributed by atoms with Gasteiger partial charge in [0.15, 0.2) is 15.1 Å². The maximum atomic E-state index is 12.2. The number of hydrogen-bond donors (Lipinski definition) is 1. The summed E-state index contributed by atoms with van der Waals surface area (Å²) in [6, 6.07) is 9.55. The zero-order chi connectivity index (χ0) is 15.0. The molecular formula is C13H14N4O2S2. The van der Waals surface area contributed by atoms with Gasteiger partial charge in [0.25, 0.3) is 11.8 Å². The molecule has 0 aromatic heterocycles. The minimum atomic E-state index is -0.537. The fraction of sp³-hybridized carbons (Fsp3) is 0.308. The van der Waals surface area contributed by atoms with E-state index in [2.05, 4.69) is 10.5 Å². The second-order valence-corrected chi connectivity index (χ2v) is 7.09. The maximum Gasteiger partial charge on any atom is 0.257 e. The number of likely N-dealkylation sites (N-methyl/N-ethyl adjacent to an activating group) is 2. The summed E-state index contributed by atoms with van der Waals surface area (Å²) in [4.78, 5) is 27.4. The number of hydrogen-bond acceptors (Lipinski definition) is 6. The van der Waals surface area contributed by atoms with Gasteiger partial charge in [-0.05, 0) is 12.1 Å². The van der Waals surface area contributed by atoms with E-state index in [0.29, 0.717) is 4.38 Å². The van der Waals surface area contributed by atoms with Crippen LogP contribution < -0.4 is 5.43 Å². The molecule has 0 radical (unpaired) electrons. The molecule has 1 N–H and O–H groups in total. The van der Waals surface area contributed by atoms with Gasteiger partial charge in [-0.2, -0.15) is 5.10 Å². The van der Waals surface area contributed by atoms with Crippen LogP contribution in [0.4, 0.5) is 5.69 Å². The van der Waals surface area contributed by atoms with Crippen LogP contribution in [0, 0.1) is 0 Å². The highest BCUT2D eigenvalue weighted by molar-refractivity contribution is 8.40. The van der Waals surface area contributed by atoms with Gasteiger partial charge in [-0.25, -0.2) is 0 Å². The molecule has 6 nitrogen and oxygen atoms in total. The third-order valence-electron chi connectivity index (χ3n) is 3.30. The van der Waals surface area contributed by atoms with E-state index in [9.17, 15) is 9.59 Å². The standard InChI is InChI=1S/C13H14N4O2S2/c1-16-9(18)12-17(2)10(19)11(16)20-13(21-12)15-14-8-6-4-3-5-7-8/h3-7,11-12,14H,1-2H3/t11-,12-/m1/s1. The number of piperazine rings is 1. The Bertz CT molecular complexity index is 577. The molecule has 3 aliphatic heterocycles. The van der Waals surface area contributed by atoms with Crippen molar-refractivity contribution in [1.82, 2.24) is 9.80 Å². The number of para-hydroxylation sites is 1. The topological polar surface area (TPSA) is 65.0 Å². The molecule has 2 amide bonds. The zero-order valence-corrected chi connectivity index (χ0v) is 13.1. The first kappa shape index (κ1) is 14.3. The van der Waals surface area contributed by atoms with Crippen LogP contribution in [0.15, 0.2) is 35.4 Å². The summed E-state index contributed by atoms with van der Waals surface area (Å²) in [6.07, 6.45) is 0. The van der Waals surface area contributed by atoms with Crippen molar-refractivity contribution in [2.45, 2.75) is 10.7 Å². The average molecular weight is 322 g/mol. The average Bonchev–Trinajstić information content (AvgIpc) is 2.71. The number of anilines is 1. The van der Waals surface area contributed by atoms with E-state index < -0.39 is 10.7 Å². The molecule has 0 saturated carbocycles. The Morgan fingerprint density at radius 2 is 1.52 bits per heavy atom. The summed E-state index contributed by atoms with van der Waals surface area (Å²) < 4.78 is 0.684. The summed E-state index contributed by atoms with van der Waals surface area (Å²) in [7, 11) is 3.32. The molecule has 2 atom stereocenters. The number of amides is 2. The lowest BCUT2D eigenvalue weighted by atomic mass is 10.3. The SMILES string of the molecule is CN1C(=O)[C@H]2SC(=NNc3ccccc3)S[C@@H]1C(=O)N2C. The summed E-state index contributed by atoms with van der Waals surface area (Å²) in [6.45, 7) is 0. The largest absolute Gasteiger partial charge is 0.322 e. The first-order valence-corrected chi connectivity index (χ1v) is 8.09. The van der Waals surface area contributed by atoms with Gasteiger partial charge in [0, 0.05) is 14.1 Å². The predicted octanol–water partition coefficient (Wildman–Crippen LogP) is 1.43. The van der Waals surface area contributed by atoms with Gasteiger partial charge in [0.2, 0.25) is 0 Å². The Balaban J connectivity index is 1.83. The number of hydrazone groups is 1. The van der Waals surface area contributed by atoms with Gasteiger partial charge in [0.1, 0.15) is 0 Å². The summed E-state index contributed by atoms with van der Waals surface area (Å²) in [5.74, 6) is -0.131. The van der Waals surface area contributed by atoms with Crippen molar-refractivity contribution in [2.24, 2.45) is 5.10 Å². The normalized spacial score (nSPS) is 25.1. The molecule has 3 fully saturated rings. The molecule has 1 aromatic carbocycles. The Hall–Kier alpha value is -1.67. The van der Waals surface area contributed by atoms with Crippen molar-refractivity contribution < 1.29 is 9.59 Å². The quantitative estimate of drug-likeness (QED) is 0.835. The number of fused-ring (bicyclic) bond motifs is 4. The first-order chi connectivity index (χ1) is 10.1. The van der Waals surface area contributed by atoms with Gasteiger partial charge >= 0.3 is 0 Å². The number of rotatable bonds is 2. The lowest BCUT2D eigenvalue weighted by Gasteiger charge is -2.36. The Morgan fingerprint density at radius 1 is 1.00 bits per heavy atom. The van der Waals surface area contributed by atoms with Crippen molar-refractivity contribution in [3.05, 3.63) is 30.3 Å². The van der Waals surface area contributed by atoms with Crippen molar-refractivity contribution in [1.29, 1.82) is 0 Å². The number of nitrogens with zero attached hydrogens (tertiary/aromatic N) is 3. The summed E-state index contributed by atoms with van der Waals surface area (Å²) in [5.41, 5.74) is 3.82. The first-order valence-electron chi connectivity index (χ1n) is 6.33. The second kappa shape index (κ2) is 5.61. The second-order valence-electron chi connectivity index (χ2n) is 4.69. The van der Waals surface area contributed by atoms with E-state index in [0.717, 1.165) is 5.69 Å². The molecule has 2 bridgehead atoms. The van der Waals surface area contributed by atoms with Gasteiger partial charge in [-0.3, -0.25) is 15.0 Å². The number of nitrogens with one attached hydrogen (secondary N) is 1. The number of carbonyl (C=O) groups is 2. The van der Waals surface area contributed by atoms with Crippen LogP contribution in [-0.2, 0) is 9.59 Å². The Kier molecular flexibility index (Phi) is 3.81. The monoisotopic (exact) mass is 322 g/mol. The van der Waals surface area contributed by atoms with E-state index in [4.69, 9.17) is 0 Å². The van der Waals surface area contributed by atoms with Crippen LogP contribution in [0.3, 0.4) is 0 Å². The molecule has 0 unspecified atom stereocenters. The van der Waals surface area contributed by atoms with Crippen LogP contribution in [0.5, 0.6) is 0 Å². The highest BCUT2D eigenvalue weighted by Gasteiger charge is 2.48. The third-order valence-corrected chi connectivity index (χ3v) is 5.94. The van der Waals surface area contributed by atoms with E-state index >= 15 is 0 Å². The molecule has 110 valence electrons. The fourth-order valence-corrected chi connectivity index (χ4v) is 4.47. The van der Waals surface area contributed by atoms with Crippen molar-refractivity contribution >= 4 is 45.4 Å². The third kappa shape index (κ3) is 2.60. The minimum absolute atomic E-state index is 0.0653. The predicted molar refractivity (Wildman–Crippen MR) is 85.8 cm³/mol. The van der Waals surface area contributed by atoms with Gasteiger partial charge in [-0.1, -0.05) is 41.7 Å². The van der Waals surface area contributed by atoms with Crippen LogP contribution in [0.2, 0.25) is 0 Å². The van der Waals surface area contributed by atoms with Crippen LogP contribution in [0.25, 0.3) is 0 Å². The number of benzene rings is 1. The van der Waals surface area contributed by atoms with E-state index in [1.807, 2.05) is 30.3 Å². The number of carbonyl (C=O) groups excluding carboxylic acids is 2. The Morgan fingerprint density at radius 3 is 2.05 bits per heavy atom. The molecule has 4 rings (SSSR count).